The number of aromatic hydroxyl groups is 1. The van der Waals surface area contributed by atoms with Crippen molar-refractivity contribution in [2.24, 2.45) is 0 Å². The number of hydrogen-bond donors (Lipinski definition) is 2. The summed E-state index contributed by atoms with van der Waals surface area (Å²) in [7, 11) is 0. The molecule has 3 nitrogen and oxygen atoms in total. The second-order valence-corrected chi connectivity index (χ2v) is 8.81. The topological polar surface area (TPSA) is 48.9 Å². The Morgan fingerprint density at radius 3 is 2.26 bits per heavy atom. The molecule has 1 aliphatic rings. The third kappa shape index (κ3) is 2.66. The maximum atomic E-state index is 11.1. The number of hydrogen-bond acceptors (Lipinski definition) is 2. The van der Waals surface area contributed by atoms with Crippen LogP contribution in [0.1, 0.15) is 81.8 Å². The Hall–Kier alpha value is -1.77. The lowest BCUT2D eigenvalue weighted by Crippen LogP contribution is -2.19. The van der Waals surface area contributed by atoms with Gasteiger partial charge in [-0.1, -0.05) is 47.6 Å². The number of fused-ring (bicyclic) bond motifs is 1. The second kappa shape index (κ2) is 5.12. The van der Waals surface area contributed by atoms with Crippen LogP contribution in [0.25, 0.3) is 0 Å². The van der Waals surface area contributed by atoms with Crippen molar-refractivity contribution in [1.82, 2.24) is 9.97 Å². The average molecular weight is 312 g/mol. The lowest BCUT2D eigenvalue weighted by molar-refractivity contribution is 0.436. The van der Waals surface area contributed by atoms with Gasteiger partial charge in [-0.3, -0.25) is 0 Å². The molecule has 0 radical (unpaired) electrons. The zero-order valence-corrected chi connectivity index (χ0v) is 15.1. The normalized spacial score (nSPS) is 18.3. The molecule has 1 aliphatic carbocycles. The van der Waals surface area contributed by atoms with Gasteiger partial charge >= 0.3 is 0 Å². The zero-order chi connectivity index (χ0) is 17.0. The van der Waals surface area contributed by atoms with Gasteiger partial charge < -0.3 is 10.1 Å². The van der Waals surface area contributed by atoms with Gasteiger partial charge in [-0.2, -0.15) is 0 Å². The van der Waals surface area contributed by atoms with Crippen LogP contribution in [0.5, 0.6) is 5.75 Å². The van der Waals surface area contributed by atoms with Crippen molar-refractivity contribution in [3.63, 3.8) is 0 Å². The van der Waals surface area contributed by atoms with Gasteiger partial charge in [0, 0.05) is 23.4 Å². The maximum absolute atomic E-state index is 11.1. The quantitative estimate of drug-likeness (QED) is 0.795. The van der Waals surface area contributed by atoms with E-state index in [0.717, 1.165) is 29.7 Å². The van der Waals surface area contributed by atoms with E-state index in [1.807, 2.05) is 6.20 Å². The third-order valence-electron chi connectivity index (χ3n) is 4.99. The van der Waals surface area contributed by atoms with Gasteiger partial charge in [0.05, 0.1) is 6.33 Å². The Labute approximate surface area is 139 Å². The molecule has 2 N–H and O–H groups in total. The number of nitrogens with one attached hydrogen (secondary N) is 1. The summed E-state index contributed by atoms with van der Waals surface area (Å²) in [6.45, 7) is 13.3. The first kappa shape index (κ1) is 16.1. The first-order chi connectivity index (χ1) is 10.6. The van der Waals surface area contributed by atoms with E-state index in [4.69, 9.17) is 0 Å². The summed E-state index contributed by atoms with van der Waals surface area (Å²) in [6.07, 6.45) is 5.66. The van der Waals surface area contributed by atoms with Crippen molar-refractivity contribution in [2.75, 3.05) is 0 Å². The standard InChI is InChI=1S/C20H28N2O/c1-19(2,3)14-9-15(20(4,5)6)18(23)17-12(14)7-8-13(17)16-10-21-11-22-16/h9-11,13,23H,7-8H2,1-6H3,(H,21,22). The van der Waals surface area contributed by atoms with Gasteiger partial charge in [-0.15, -0.1) is 0 Å². The van der Waals surface area contributed by atoms with E-state index in [0.29, 0.717) is 5.75 Å². The van der Waals surface area contributed by atoms with Gasteiger partial charge in [-0.05, 0) is 40.4 Å². The fraction of sp³-hybridized carbons (Fsp3) is 0.550. The molecule has 1 heterocycles. The highest BCUT2D eigenvalue weighted by Gasteiger charge is 2.36. The van der Waals surface area contributed by atoms with E-state index in [9.17, 15) is 5.11 Å². The minimum absolute atomic E-state index is 0.0701. The Bertz CT molecular complexity index is 716. The zero-order valence-electron chi connectivity index (χ0n) is 15.1. The van der Waals surface area contributed by atoms with Crippen LogP contribution in [0.15, 0.2) is 18.6 Å². The van der Waals surface area contributed by atoms with Crippen LogP contribution in [0, 0.1) is 0 Å². The molecule has 23 heavy (non-hydrogen) atoms. The molecule has 3 rings (SSSR count). The van der Waals surface area contributed by atoms with E-state index >= 15 is 0 Å². The van der Waals surface area contributed by atoms with Gasteiger partial charge in [0.1, 0.15) is 5.75 Å². The number of aromatic nitrogens is 2. The molecule has 0 spiro atoms. The smallest absolute Gasteiger partial charge is 0.123 e. The fourth-order valence-corrected chi connectivity index (χ4v) is 3.82. The predicted octanol–water partition coefficient (Wildman–Crippen LogP) is 4.79. The van der Waals surface area contributed by atoms with Crippen molar-refractivity contribution in [1.29, 1.82) is 0 Å². The number of nitrogens with zero attached hydrogens (tertiary/aromatic N) is 1. The molecule has 0 saturated carbocycles. The Morgan fingerprint density at radius 1 is 1.09 bits per heavy atom. The SMILES string of the molecule is CC(C)(C)c1cc(C(C)(C)C)c2c(c1O)C(c1cnc[nH]1)CC2. The third-order valence-corrected chi connectivity index (χ3v) is 4.99. The van der Waals surface area contributed by atoms with Gasteiger partial charge in [-0.25, -0.2) is 4.98 Å². The van der Waals surface area contributed by atoms with Crippen molar-refractivity contribution < 1.29 is 5.11 Å². The molecule has 1 unspecified atom stereocenters. The number of phenols is 1. The van der Waals surface area contributed by atoms with E-state index in [-0.39, 0.29) is 16.7 Å². The van der Waals surface area contributed by atoms with Gasteiger partial charge in [0.25, 0.3) is 0 Å². The monoisotopic (exact) mass is 312 g/mol. The highest BCUT2D eigenvalue weighted by molar-refractivity contribution is 5.59. The summed E-state index contributed by atoms with van der Waals surface area (Å²) in [6, 6.07) is 2.24. The molecular formula is C20H28N2O. The Balaban J connectivity index is 2.29. The van der Waals surface area contributed by atoms with Gasteiger partial charge in [0.2, 0.25) is 0 Å². The Morgan fingerprint density at radius 2 is 1.74 bits per heavy atom. The largest absolute Gasteiger partial charge is 0.507 e. The maximum Gasteiger partial charge on any atom is 0.123 e. The van der Waals surface area contributed by atoms with Crippen molar-refractivity contribution in [2.45, 2.75) is 71.1 Å². The molecule has 0 amide bonds. The second-order valence-electron chi connectivity index (χ2n) is 8.81. The summed E-state index contributed by atoms with van der Waals surface area (Å²) >= 11 is 0. The highest BCUT2D eigenvalue weighted by Crippen LogP contribution is 2.49. The Kier molecular flexibility index (Phi) is 3.58. The molecular weight excluding hydrogens is 284 g/mol. The van der Waals surface area contributed by atoms with Crippen LogP contribution in [0.4, 0.5) is 0 Å². The predicted molar refractivity (Wildman–Crippen MR) is 94.3 cm³/mol. The number of H-pyrrole nitrogens is 1. The summed E-state index contributed by atoms with van der Waals surface area (Å²) in [5.41, 5.74) is 5.96. The summed E-state index contributed by atoms with van der Waals surface area (Å²) in [4.78, 5) is 7.42. The lowest BCUT2D eigenvalue weighted by Gasteiger charge is -2.30. The summed E-state index contributed by atoms with van der Waals surface area (Å²) in [5.74, 6) is 0.702. The number of imidazole rings is 1. The van der Waals surface area contributed by atoms with Crippen LogP contribution >= 0.6 is 0 Å². The van der Waals surface area contributed by atoms with E-state index in [2.05, 4.69) is 57.6 Å². The first-order valence-electron chi connectivity index (χ1n) is 8.48. The number of aromatic amines is 1. The minimum atomic E-state index is -0.0831. The number of phenolic OH excluding ortho intramolecular Hbond substituents is 1. The highest BCUT2D eigenvalue weighted by atomic mass is 16.3. The van der Waals surface area contributed by atoms with E-state index < -0.39 is 0 Å². The minimum Gasteiger partial charge on any atom is -0.507 e. The molecule has 2 aromatic rings. The van der Waals surface area contributed by atoms with Crippen LogP contribution in [0.2, 0.25) is 0 Å². The molecule has 1 aromatic carbocycles. The van der Waals surface area contributed by atoms with Crippen molar-refractivity contribution >= 4 is 0 Å². The molecule has 0 aliphatic heterocycles. The van der Waals surface area contributed by atoms with Crippen molar-refractivity contribution in [3.05, 3.63) is 46.5 Å². The summed E-state index contributed by atoms with van der Waals surface area (Å²) < 4.78 is 0. The molecule has 0 bridgehead atoms. The fourth-order valence-electron chi connectivity index (χ4n) is 3.82. The van der Waals surface area contributed by atoms with Crippen molar-refractivity contribution in [3.8, 4) is 5.75 Å². The molecule has 1 aromatic heterocycles. The van der Waals surface area contributed by atoms with Crippen LogP contribution in [-0.4, -0.2) is 15.1 Å². The molecule has 0 fully saturated rings. The summed E-state index contributed by atoms with van der Waals surface area (Å²) in [5, 5.41) is 11.1. The lowest BCUT2D eigenvalue weighted by atomic mass is 9.76. The number of benzene rings is 1. The first-order valence-corrected chi connectivity index (χ1v) is 8.48. The molecule has 3 heteroatoms. The van der Waals surface area contributed by atoms with Crippen LogP contribution in [-0.2, 0) is 17.3 Å². The van der Waals surface area contributed by atoms with Crippen LogP contribution in [0.3, 0.4) is 0 Å². The van der Waals surface area contributed by atoms with Gasteiger partial charge in [0.15, 0.2) is 0 Å². The van der Waals surface area contributed by atoms with E-state index in [1.165, 1.54) is 11.1 Å². The number of rotatable bonds is 1. The van der Waals surface area contributed by atoms with Crippen LogP contribution < -0.4 is 0 Å². The molecule has 0 saturated heterocycles. The molecule has 1 atom stereocenters. The van der Waals surface area contributed by atoms with E-state index in [1.54, 1.807) is 6.33 Å². The average Bonchev–Trinajstić information content (AvgIpc) is 3.04. The molecule has 124 valence electrons.